The molecule has 0 aromatic rings. The summed E-state index contributed by atoms with van der Waals surface area (Å²) in [4.78, 5) is 22.2. The number of hydrogen-bond donors (Lipinski definition) is 2. The highest BCUT2D eigenvalue weighted by Gasteiger charge is 2.22. The monoisotopic (exact) mass is 214 g/mol. The summed E-state index contributed by atoms with van der Waals surface area (Å²) in [5.74, 6) is -0.390. The molecule has 2 N–H and O–H groups in total. The minimum absolute atomic E-state index is 0.0603. The van der Waals surface area contributed by atoms with Gasteiger partial charge in [-0.05, 0) is 26.7 Å². The van der Waals surface area contributed by atoms with Crippen LogP contribution in [0.15, 0.2) is 0 Å². The summed E-state index contributed by atoms with van der Waals surface area (Å²) in [5, 5.41) is 5.55. The van der Waals surface area contributed by atoms with Crippen molar-refractivity contribution in [2.45, 2.75) is 38.8 Å². The van der Waals surface area contributed by atoms with Crippen molar-refractivity contribution in [3.8, 4) is 0 Å². The van der Waals surface area contributed by atoms with Crippen molar-refractivity contribution < 1.29 is 14.3 Å². The van der Waals surface area contributed by atoms with Crippen LogP contribution in [0, 0.1) is 0 Å². The van der Waals surface area contributed by atoms with Crippen LogP contribution >= 0.6 is 0 Å². The highest BCUT2D eigenvalue weighted by atomic mass is 16.5. The molecule has 0 heterocycles. The number of amides is 1. The second kappa shape index (κ2) is 5.70. The van der Waals surface area contributed by atoms with Crippen molar-refractivity contribution in [2.24, 2.45) is 0 Å². The van der Waals surface area contributed by atoms with E-state index in [1.54, 1.807) is 13.8 Å². The Kier molecular flexibility index (Phi) is 4.55. The number of nitrogens with one attached hydrogen (secondary N) is 2. The largest absolute Gasteiger partial charge is 0.462 e. The first kappa shape index (κ1) is 12.0. The molecule has 0 unspecified atom stereocenters. The summed E-state index contributed by atoms with van der Waals surface area (Å²) in [6.07, 6.45) is 2.03. The summed E-state index contributed by atoms with van der Waals surface area (Å²) in [6, 6.07) is 0.363. The first-order chi connectivity index (χ1) is 7.08. The van der Waals surface area contributed by atoms with E-state index in [-0.39, 0.29) is 31.1 Å². The average molecular weight is 214 g/mol. The van der Waals surface area contributed by atoms with Crippen LogP contribution in [-0.2, 0) is 14.3 Å². The Balaban J connectivity index is 1.99. The molecule has 0 bridgehead atoms. The van der Waals surface area contributed by atoms with Crippen molar-refractivity contribution in [3.63, 3.8) is 0 Å². The fraction of sp³-hybridized carbons (Fsp3) is 0.800. The molecule has 0 aliphatic heterocycles. The van der Waals surface area contributed by atoms with E-state index >= 15 is 0 Å². The molecular weight excluding hydrogens is 196 g/mol. The van der Waals surface area contributed by atoms with Crippen LogP contribution in [0.2, 0.25) is 0 Å². The van der Waals surface area contributed by atoms with Gasteiger partial charge >= 0.3 is 5.97 Å². The molecule has 1 rings (SSSR count). The van der Waals surface area contributed by atoms with Crippen LogP contribution < -0.4 is 10.6 Å². The molecule has 0 atom stereocenters. The molecule has 5 heteroatoms. The highest BCUT2D eigenvalue weighted by molar-refractivity contribution is 5.79. The summed E-state index contributed by atoms with van der Waals surface area (Å²) in [7, 11) is 0. The molecule has 1 fully saturated rings. The van der Waals surface area contributed by atoms with Gasteiger partial charge in [0.05, 0.1) is 19.2 Å². The van der Waals surface area contributed by atoms with Gasteiger partial charge in [0, 0.05) is 6.04 Å². The summed E-state index contributed by atoms with van der Waals surface area (Å²) in [5.41, 5.74) is 0. The first-order valence-electron chi connectivity index (χ1n) is 5.27. The highest BCUT2D eigenvalue weighted by Crippen LogP contribution is 2.17. The maximum absolute atomic E-state index is 11.2. The molecule has 86 valence electrons. The number of rotatable bonds is 6. The Morgan fingerprint density at radius 3 is 2.53 bits per heavy atom. The van der Waals surface area contributed by atoms with Gasteiger partial charge < -0.3 is 10.1 Å². The lowest BCUT2D eigenvalue weighted by atomic mass is 10.4. The van der Waals surface area contributed by atoms with E-state index in [1.807, 2.05) is 0 Å². The number of carbonyl (C=O) groups excluding carboxylic acids is 2. The van der Waals surface area contributed by atoms with Gasteiger partial charge in [0.15, 0.2) is 0 Å². The van der Waals surface area contributed by atoms with Crippen molar-refractivity contribution >= 4 is 11.9 Å². The van der Waals surface area contributed by atoms with E-state index < -0.39 is 0 Å². The van der Waals surface area contributed by atoms with E-state index in [1.165, 1.54) is 0 Å². The van der Waals surface area contributed by atoms with Gasteiger partial charge in [0.25, 0.3) is 0 Å². The van der Waals surface area contributed by atoms with Crippen LogP contribution in [0.5, 0.6) is 0 Å². The maximum atomic E-state index is 11.2. The Labute approximate surface area is 89.6 Å². The van der Waals surface area contributed by atoms with Crippen molar-refractivity contribution in [1.29, 1.82) is 0 Å². The van der Waals surface area contributed by atoms with Gasteiger partial charge in [-0.2, -0.15) is 0 Å². The molecule has 0 radical (unpaired) electrons. The topological polar surface area (TPSA) is 67.4 Å². The van der Waals surface area contributed by atoms with Crippen LogP contribution in [0.3, 0.4) is 0 Å². The molecule has 0 aromatic heterocycles. The molecule has 5 nitrogen and oxygen atoms in total. The van der Waals surface area contributed by atoms with E-state index in [4.69, 9.17) is 4.74 Å². The van der Waals surface area contributed by atoms with Crippen molar-refractivity contribution in [1.82, 2.24) is 10.6 Å². The van der Waals surface area contributed by atoms with Gasteiger partial charge in [0.1, 0.15) is 0 Å². The van der Waals surface area contributed by atoms with Gasteiger partial charge in [-0.1, -0.05) is 0 Å². The van der Waals surface area contributed by atoms with E-state index in [0.717, 1.165) is 12.8 Å². The summed E-state index contributed by atoms with van der Waals surface area (Å²) < 4.78 is 4.89. The maximum Gasteiger partial charge on any atom is 0.320 e. The zero-order valence-corrected chi connectivity index (χ0v) is 9.21. The molecule has 0 aromatic carbocycles. The van der Waals surface area contributed by atoms with Crippen LogP contribution in [0.1, 0.15) is 26.7 Å². The zero-order chi connectivity index (χ0) is 11.3. The average Bonchev–Trinajstić information content (AvgIpc) is 2.86. The zero-order valence-electron chi connectivity index (χ0n) is 9.21. The molecule has 1 aliphatic carbocycles. The molecule has 1 saturated carbocycles. The van der Waals surface area contributed by atoms with Crippen LogP contribution in [0.4, 0.5) is 0 Å². The molecule has 1 aliphatic rings. The Morgan fingerprint density at radius 1 is 1.33 bits per heavy atom. The fourth-order valence-corrected chi connectivity index (χ4v) is 1.09. The number of esters is 1. The van der Waals surface area contributed by atoms with E-state index in [0.29, 0.717) is 6.04 Å². The molecule has 1 amide bonds. The Morgan fingerprint density at radius 2 is 2.00 bits per heavy atom. The third-order valence-electron chi connectivity index (χ3n) is 1.86. The van der Waals surface area contributed by atoms with Gasteiger partial charge in [-0.15, -0.1) is 0 Å². The van der Waals surface area contributed by atoms with Gasteiger partial charge in [-0.3, -0.25) is 14.9 Å². The lowest BCUT2D eigenvalue weighted by Crippen LogP contribution is -2.37. The lowest BCUT2D eigenvalue weighted by Gasteiger charge is -2.08. The predicted octanol–water partition coefficient (Wildman–Crippen LogP) is -0.194. The fourth-order valence-electron chi connectivity index (χ4n) is 1.09. The minimum atomic E-state index is -0.329. The third-order valence-corrected chi connectivity index (χ3v) is 1.86. The summed E-state index contributed by atoms with van der Waals surface area (Å²) >= 11 is 0. The Bertz CT molecular complexity index is 221. The van der Waals surface area contributed by atoms with Gasteiger partial charge in [-0.25, -0.2) is 0 Å². The smallest absolute Gasteiger partial charge is 0.320 e. The second-order valence-electron chi connectivity index (χ2n) is 3.98. The van der Waals surface area contributed by atoms with Crippen molar-refractivity contribution in [2.75, 3.05) is 13.1 Å². The summed E-state index contributed by atoms with van der Waals surface area (Å²) in [6.45, 7) is 3.83. The molecule has 15 heavy (non-hydrogen) atoms. The van der Waals surface area contributed by atoms with E-state index in [2.05, 4.69) is 10.6 Å². The SMILES string of the molecule is CC(C)OC(=O)CNCC(=O)NC1CC1. The molecular formula is C10H18N2O3. The number of carbonyl (C=O) groups is 2. The third kappa shape index (κ3) is 6.06. The first-order valence-corrected chi connectivity index (χ1v) is 5.27. The normalized spacial score (nSPS) is 15.1. The standard InChI is InChI=1S/C10H18N2O3/c1-7(2)15-10(14)6-11-5-9(13)12-8-3-4-8/h7-8,11H,3-6H2,1-2H3,(H,12,13). The second-order valence-corrected chi connectivity index (χ2v) is 3.98. The van der Waals surface area contributed by atoms with Crippen LogP contribution in [-0.4, -0.2) is 37.1 Å². The Hall–Kier alpha value is -1.10. The van der Waals surface area contributed by atoms with Gasteiger partial charge in [0.2, 0.25) is 5.91 Å². The van der Waals surface area contributed by atoms with E-state index in [9.17, 15) is 9.59 Å². The quantitative estimate of drug-likeness (QED) is 0.601. The minimum Gasteiger partial charge on any atom is -0.462 e. The lowest BCUT2D eigenvalue weighted by molar-refractivity contribution is -0.146. The number of hydrogen-bond acceptors (Lipinski definition) is 4. The van der Waals surface area contributed by atoms with Crippen LogP contribution in [0.25, 0.3) is 0 Å². The van der Waals surface area contributed by atoms with Crippen molar-refractivity contribution in [3.05, 3.63) is 0 Å². The number of ether oxygens (including phenoxy) is 1. The molecule has 0 saturated heterocycles. The molecule has 0 spiro atoms. The predicted molar refractivity (Wildman–Crippen MR) is 55.3 cm³/mol.